The maximum Gasteiger partial charge on any atom is 0.230 e. The highest BCUT2D eigenvalue weighted by Gasteiger charge is 2.09. The summed E-state index contributed by atoms with van der Waals surface area (Å²) < 4.78 is 0. The summed E-state index contributed by atoms with van der Waals surface area (Å²) in [6.07, 6.45) is 8.24. The predicted octanol–water partition coefficient (Wildman–Crippen LogP) is 3.88. The summed E-state index contributed by atoms with van der Waals surface area (Å²) in [6, 6.07) is 8.10. The van der Waals surface area contributed by atoms with Crippen molar-refractivity contribution in [2.24, 2.45) is 0 Å². The number of aromatic nitrogens is 3. The van der Waals surface area contributed by atoms with Crippen LogP contribution in [0.15, 0.2) is 41.1 Å². The Hall–Kier alpha value is -2.08. The summed E-state index contributed by atoms with van der Waals surface area (Å²) in [5.74, 6) is 1.10. The summed E-state index contributed by atoms with van der Waals surface area (Å²) in [7, 11) is 0. The second-order valence-corrected chi connectivity index (χ2v) is 7.27. The summed E-state index contributed by atoms with van der Waals surface area (Å²) >= 11 is 1.35. The standard InChI is InChI=1S/C19H24N4OS/c1-14-7-9-16(10-8-14)18-21-19(23-22-18)25-13-17(24)20-12-11-15-5-3-2-4-6-15/h5,7-10H,2-4,6,11-13H2,1H3,(H,20,24)(H,21,22,23). The lowest BCUT2D eigenvalue weighted by Gasteiger charge is -2.12. The number of H-pyrrole nitrogens is 1. The van der Waals surface area contributed by atoms with Crippen molar-refractivity contribution in [3.05, 3.63) is 41.5 Å². The zero-order valence-corrected chi connectivity index (χ0v) is 15.4. The molecule has 0 spiro atoms. The highest BCUT2D eigenvalue weighted by atomic mass is 32.2. The molecule has 1 heterocycles. The van der Waals surface area contributed by atoms with Crippen LogP contribution in [-0.4, -0.2) is 33.4 Å². The molecule has 0 unspecified atom stereocenters. The molecule has 6 heteroatoms. The maximum atomic E-state index is 12.0. The topological polar surface area (TPSA) is 70.7 Å². The summed E-state index contributed by atoms with van der Waals surface area (Å²) in [4.78, 5) is 16.4. The van der Waals surface area contributed by atoms with Crippen LogP contribution in [0.4, 0.5) is 0 Å². The third kappa shape index (κ3) is 5.46. The SMILES string of the molecule is Cc1ccc(-c2nc(SCC(=O)NCCC3=CCCCC3)n[nH]2)cc1. The molecule has 3 rings (SSSR count). The van der Waals surface area contributed by atoms with Gasteiger partial charge in [0.25, 0.3) is 0 Å². The van der Waals surface area contributed by atoms with Crippen LogP contribution < -0.4 is 5.32 Å². The molecule has 0 saturated heterocycles. The van der Waals surface area contributed by atoms with Gasteiger partial charge in [0.2, 0.25) is 11.1 Å². The van der Waals surface area contributed by atoms with Gasteiger partial charge in [-0.2, -0.15) is 0 Å². The van der Waals surface area contributed by atoms with Gasteiger partial charge in [0.1, 0.15) is 0 Å². The number of hydrogen-bond acceptors (Lipinski definition) is 4. The van der Waals surface area contributed by atoms with E-state index in [4.69, 9.17) is 0 Å². The monoisotopic (exact) mass is 356 g/mol. The molecule has 0 fully saturated rings. The van der Waals surface area contributed by atoms with E-state index in [1.165, 1.54) is 48.6 Å². The Labute approximate surface area is 152 Å². The van der Waals surface area contributed by atoms with E-state index in [1.54, 1.807) is 0 Å². The lowest BCUT2D eigenvalue weighted by Crippen LogP contribution is -2.26. The third-order valence-corrected chi connectivity index (χ3v) is 5.12. The minimum absolute atomic E-state index is 0.0306. The largest absolute Gasteiger partial charge is 0.355 e. The number of amides is 1. The summed E-state index contributed by atoms with van der Waals surface area (Å²) in [5.41, 5.74) is 3.68. The molecule has 2 N–H and O–H groups in total. The van der Waals surface area contributed by atoms with Gasteiger partial charge in [0, 0.05) is 12.1 Å². The van der Waals surface area contributed by atoms with Gasteiger partial charge >= 0.3 is 0 Å². The van der Waals surface area contributed by atoms with Crippen LogP contribution in [0.3, 0.4) is 0 Å². The number of nitrogens with one attached hydrogen (secondary N) is 2. The number of allylic oxidation sites excluding steroid dienone is 1. The van der Waals surface area contributed by atoms with E-state index >= 15 is 0 Å². The minimum atomic E-state index is 0.0306. The molecule has 1 aliphatic rings. The van der Waals surface area contributed by atoms with Crippen molar-refractivity contribution >= 4 is 17.7 Å². The van der Waals surface area contributed by atoms with Gasteiger partial charge in [-0.1, -0.05) is 53.2 Å². The number of thioether (sulfide) groups is 1. The van der Waals surface area contributed by atoms with E-state index in [0.29, 0.717) is 17.5 Å². The smallest absolute Gasteiger partial charge is 0.230 e. The molecular weight excluding hydrogens is 332 g/mol. The van der Waals surface area contributed by atoms with E-state index in [1.807, 2.05) is 24.3 Å². The van der Waals surface area contributed by atoms with Gasteiger partial charge in [-0.05, 0) is 39.0 Å². The van der Waals surface area contributed by atoms with Crippen LogP contribution in [0.25, 0.3) is 11.4 Å². The Morgan fingerprint density at radius 1 is 1.28 bits per heavy atom. The first-order chi connectivity index (χ1) is 12.2. The van der Waals surface area contributed by atoms with Gasteiger partial charge in [-0.3, -0.25) is 9.89 Å². The first-order valence-corrected chi connectivity index (χ1v) is 9.76. The lowest BCUT2D eigenvalue weighted by atomic mass is 9.97. The van der Waals surface area contributed by atoms with Gasteiger partial charge in [0.15, 0.2) is 5.82 Å². The molecule has 25 heavy (non-hydrogen) atoms. The maximum absolute atomic E-state index is 12.0. The molecule has 1 aromatic carbocycles. The van der Waals surface area contributed by atoms with Crippen LogP contribution in [0.2, 0.25) is 0 Å². The highest BCUT2D eigenvalue weighted by molar-refractivity contribution is 7.99. The number of carbonyl (C=O) groups excluding carboxylic acids is 1. The molecule has 0 atom stereocenters. The number of hydrogen-bond donors (Lipinski definition) is 2. The van der Waals surface area contributed by atoms with Crippen LogP contribution in [0.5, 0.6) is 0 Å². The fourth-order valence-electron chi connectivity index (χ4n) is 2.83. The number of aryl methyl sites for hydroxylation is 1. The average Bonchev–Trinajstić information content (AvgIpc) is 3.10. The first-order valence-electron chi connectivity index (χ1n) is 8.77. The molecule has 1 amide bonds. The van der Waals surface area contributed by atoms with E-state index in [0.717, 1.165) is 17.8 Å². The molecule has 1 aliphatic carbocycles. The lowest BCUT2D eigenvalue weighted by molar-refractivity contribution is -0.118. The fraction of sp³-hybridized carbons (Fsp3) is 0.421. The van der Waals surface area contributed by atoms with E-state index < -0.39 is 0 Å². The zero-order chi connectivity index (χ0) is 17.5. The quantitative estimate of drug-likeness (QED) is 0.583. The average molecular weight is 356 g/mol. The Morgan fingerprint density at radius 3 is 2.88 bits per heavy atom. The van der Waals surface area contributed by atoms with E-state index in [2.05, 4.69) is 33.5 Å². The Morgan fingerprint density at radius 2 is 2.12 bits per heavy atom. The van der Waals surface area contributed by atoms with Crippen molar-refractivity contribution in [2.75, 3.05) is 12.3 Å². The second kappa shape index (κ2) is 8.85. The highest BCUT2D eigenvalue weighted by Crippen LogP contribution is 2.20. The number of aromatic amines is 1. The van der Waals surface area contributed by atoms with Crippen LogP contribution in [0, 0.1) is 6.92 Å². The van der Waals surface area contributed by atoms with Crippen molar-refractivity contribution in [1.29, 1.82) is 0 Å². The van der Waals surface area contributed by atoms with Crippen molar-refractivity contribution < 1.29 is 4.79 Å². The normalized spacial score (nSPS) is 14.2. The predicted molar refractivity (Wildman–Crippen MR) is 101 cm³/mol. The zero-order valence-electron chi connectivity index (χ0n) is 14.5. The first kappa shape index (κ1) is 17.7. The van der Waals surface area contributed by atoms with Crippen molar-refractivity contribution in [2.45, 2.75) is 44.2 Å². The van der Waals surface area contributed by atoms with Crippen LogP contribution in [0.1, 0.15) is 37.7 Å². The number of carbonyl (C=O) groups is 1. The molecule has 1 aromatic heterocycles. The minimum Gasteiger partial charge on any atom is -0.355 e. The molecule has 2 aromatic rings. The van der Waals surface area contributed by atoms with Gasteiger partial charge in [0.05, 0.1) is 5.75 Å². The van der Waals surface area contributed by atoms with Gasteiger partial charge in [-0.15, -0.1) is 5.10 Å². The summed E-state index contributed by atoms with van der Waals surface area (Å²) in [5, 5.41) is 10.7. The Balaban J connectivity index is 1.41. The van der Waals surface area contributed by atoms with Gasteiger partial charge < -0.3 is 5.32 Å². The number of benzene rings is 1. The number of nitrogens with zero attached hydrogens (tertiary/aromatic N) is 2. The van der Waals surface area contributed by atoms with Crippen LogP contribution in [-0.2, 0) is 4.79 Å². The van der Waals surface area contributed by atoms with Crippen LogP contribution >= 0.6 is 11.8 Å². The molecule has 0 radical (unpaired) electrons. The summed E-state index contributed by atoms with van der Waals surface area (Å²) in [6.45, 7) is 2.77. The Bertz CT molecular complexity index is 736. The fourth-order valence-corrected chi connectivity index (χ4v) is 3.46. The van der Waals surface area contributed by atoms with E-state index in [-0.39, 0.29) is 5.91 Å². The van der Waals surface area contributed by atoms with Crippen molar-refractivity contribution in [3.63, 3.8) is 0 Å². The van der Waals surface area contributed by atoms with Crippen molar-refractivity contribution in [3.8, 4) is 11.4 Å². The Kier molecular flexibility index (Phi) is 6.28. The van der Waals surface area contributed by atoms with Crippen molar-refractivity contribution in [1.82, 2.24) is 20.5 Å². The molecule has 5 nitrogen and oxygen atoms in total. The number of rotatable bonds is 7. The van der Waals surface area contributed by atoms with E-state index in [9.17, 15) is 4.79 Å². The van der Waals surface area contributed by atoms with Gasteiger partial charge in [-0.25, -0.2) is 4.98 Å². The molecule has 0 bridgehead atoms. The molecule has 0 aliphatic heterocycles. The molecule has 132 valence electrons. The molecular formula is C19H24N4OS. The molecule has 0 saturated carbocycles. The second-order valence-electron chi connectivity index (χ2n) is 6.33. The third-order valence-electron chi connectivity index (χ3n) is 4.28.